The van der Waals surface area contributed by atoms with Gasteiger partial charge in [0, 0.05) is 17.8 Å². The molecule has 3 nitrogen and oxygen atoms in total. The molecule has 1 aromatic heterocycles. The summed E-state index contributed by atoms with van der Waals surface area (Å²) < 4.78 is 28.2. The lowest BCUT2D eigenvalue weighted by molar-refractivity contribution is 0.358. The molecule has 96 valence electrons. The second-order valence-electron chi connectivity index (χ2n) is 5.08. The van der Waals surface area contributed by atoms with Gasteiger partial charge in [-0.05, 0) is 32.9 Å². The van der Waals surface area contributed by atoms with Gasteiger partial charge >= 0.3 is 0 Å². The maximum absolute atomic E-state index is 13.3. The SMILES string of the molecule is CC(C)(C)n1nccc1-c1cc(F)cc(F)c1O. The minimum Gasteiger partial charge on any atom is -0.504 e. The fourth-order valence-corrected chi connectivity index (χ4v) is 1.80. The van der Waals surface area contributed by atoms with Crippen molar-refractivity contribution in [2.75, 3.05) is 0 Å². The van der Waals surface area contributed by atoms with Crippen molar-refractivity contribution in [1.29, 1.82) is 0 Å². The predicted molar refractivity (Wildman–Crippen MR) is 64.2 cm³/mol. The molecule has 2 aromatic rings. The summed E-state index contributed by atoms with van der Waals surface area (Å²) in [5.74, 6) is -2.28. The molecule has 0 saturated carbocycles. The fourth-order valence-electron chi connectivity index (χ4n) is 1.80. The van der Waals surface area contributed by atoms with E-state index in [1.54, 1.807) is 10.7 Å². The molecule has 1 heterocycles. The van der Waals surface area contributed by atoms with Gasteiger partial charge in [0.05, 0.1) is 11.2 Å². The van der Waals surface area contributed by atoms with Crippen LogP contribution in [0, 0.1) is 11.6 Å². The summed E-state index contributed by atoms with van der Waals surface area (Å²) in [6.45, 7) is 5.74. The zero-order valence-electron chi connectivity index (χ0n) is 10.4. The molecule has 0 radical (unpaired) electrons. The van der Waals surface area contributed by atoms with E-state index in [0.29, 0.717) is 11.8 Å². The van der Waals surface area contributed by atoms with Crippen LogP contribution in [0.3, 0.4) is 0 Å². The Bertz CT molecular complexity index is 585. The molecule has 5 heteroatoms. The van der Waals surface area contributed by atoms with Crippen molar-refractivity contribution in [1.82, 2.24) is 9.78 Å². The zero-order chi connectivity index (χ0) is 13.5. The van der Waals surface area contributed by atoms with Crippen LogP contribution in [-0.2, 0) is 5.54 Å². The third kappa shape index (κ3) is 2.08. The van der Waals surface area contributed by atoms with E-state index in [1.807, 2.05) is 20.8 Å². The highest BCUT2D eigenvalue weighted by molar-refractivity contribution is 5.67. The van der Waals surface area contributed by atoms with Crippen LogP contribution in [0.2, 0.25) is 0 Å². The van der Waals surface area contributed by atoms with E-state index >= 15 is 0 Å². The van der Waals surface area contributed by atoms with Crippen LogP contribution in [-0.4, -0.2) is 14.9 Å². The molecular formula is C13H14F2N2O. The Hall–Kier alpha value is -1.91. The number of rotatable bonds is 1. The summed E-state index contributed by atoms with van der Waals surface area (Å²) >= 11 is 0. The number of hydrogen-bond acceptors (Lipinski definition) is 2. The molecule has 0 aliphatic rings. The van der Waals surface area contributed by atoms with Gasteiger partial charge in [-0.15, -0.1) is 0 Å². The van der Waals surface area contributed by atoms with Gasteiger partial charge in [0.15, 0.2) is 11.6 Å². The van der Waals surface area contributed by atoms with Gasteiger partial charge in [-0.3, -0.25) is 4.68 Å². The van der Waals surface area contributed by atoms with Crippen molar-refractivity contribution in [3.05, 3.63) is 36.0 Å². The molecule has 0 fully saturated rings. The van der Waals surface area contributed by atoms with Gasteiger partial charge in [0.1, 0.15) is 5.82 Å². The molecule has 0 bridgehead atoms. The van der Waals surface area contributed by atoms with E-state index in [2.05, 4.69) is 5.10 Å². The van der Waals surface area contributed by atoms with Crippen molar-refractivity contribution in [3.63, 3.8) is 0 Å². The Morgan fingerprint density at radius 1 is 1.22 bits per heavy atom. The summed E-state index contributed by atoms with van der Waals surface area (Å²) in [7, 11) is 0. The van der Waals surface area contributed by atoms with Crippen LogP contribution in [0.4, 0.5) is 8.78 Å². The second-order valence-corrected chi connectivity index (χ2v) is 5.08. The van der Waals surface area contributed by atoms with E-state index in [4.69, 9.17) is 0 Å². The van der Waals surface area contributed by atoms with Crippen LogP contribution in [0.1, 0.15) is 20.8 Å². The molecule has 0 aliphatic carbocycles. The number of halogens is 2. The van der Waals surface area contributed by atoms with Crippen LogP contribution in [0.15, 0.2) is 24.4 Å². The van der Waals surface area contributed by atoms with Crippen LogP contribution >= 0.6 is 0 Å². The van der Waals surface area contributed by atoms with Crippen molar-refractivity contribution in [2.45, 2.75) is 26.3 Å². The Morgan fingerprint density at radius 3 is 2.50 bits per heavy atom. The first-order valence-corrected chi connectivity index (χ1v) is 5.53. The van der Waals surface area contributed by atoms with E-state index in [0.717, 1.165) is 6.07 Å². The minimum absolute atomic E-state index is 0.0972. The summed E-state index contributed by atoms with van der Waals surface area (Å²) in [6, 6.07) is 3.35. The lowest BCUT2D eigenvalue weighted by Gasteiger charge is -2.22. The fraction of sp³-hybridized carbons (Fsp3) is 0.308. The van der Waals surface area contributed by atoms with Crippen molar-refractivity contribution < 1.29 is 13.9 Å². The van der Waals surface area contributed by atoms with Gasteiger partial charge < -0.3 is 5.11 Å². The van der Waals surface area contributed by atoms with Gasteiger partial charge in [-0.2, -0.15) is 5.10 Å². The molecule has 2 rings (SSSR count). The molecule has 0 unspecified atom stereocenters. The first-order chi connectivity index (χ1) is 8.30. The van der Waals surface area contributed by atoms with E-state index in [1.165, 1.54) is 6.20 Å². The molecule has 18 heavy (non-hydrogen) atoms. The third-order valence-corrected chi connectivity index (χ3v) is 2.58. The highest BCUT2D eigenvalue weighted by Gasteiger charge is 2.21. The molecule has 0 spiro atoms. The molecule has 1 N–H and O–H groups in total. The lowest BCUT2D eigenvalue weighted by atomic mass is 10.1. The summed E-state index contributed by atoms with van der Waals surface area (Å²) in [4.78, 5) is 0. The Kier molecular flexibility index (Phi) is 2.84. The number of phenolic OH excluding ortho intramolecular Hbond substituents is 1. The molecule has 0 amide bonds. The summed E-state index contributed by atoms with van der Waals surface area (Å²) in [5, 5.41) is 13.8. The average Bonchev–Trinajstić information content (AvgIpc) is 2.71. The van der Waals surface area contributed by atoms with Crippen molar-refractivity contribution >= 4 is 0 Å². The Morgan fingerprint density at radius 2 is 1.89 bits per heavy atom. The maximum atomic E-state index is 13.3. The molecular weight excluding hydrogens is 238 g/mol. The highest BCUT2D eigenvalue weighted by atomic mass is 19.1. The summed E-state index contributed by atoms with van der Waals surface area (Å²) in [5.41, 5.74) is 0.215. The van der Waals surface area contributed by atoms with Crippen molar-refractivity contribution in [2.24, 2.45) is 0 Å². The molecule has 0 saturated heterocycles. The van der Waals surface area contributed by atoms with E-state index in [-0.39, 0.29) is 11.1 Å². The van der Waals surface area contributed by atoms with E-state index < -0.39 is 17.4 Å². The molecule has 0 atom stereocenters. The number of hydrogen-bond donors (Lipinski definition) is 1. The first kappa shape index (κ1) is 12.5. The minimum atomic E-state index is -0.980. The number of phenols is 1. The Balaban J connectivity index is 2.67. The molecule has 0 aliphatic heterocycles. The van der Waals surface area contributed by atoms with Gasteiger partial charge in [-0.1, -0.05) is 0 Å². The largest absolute Gasteiger partial charge is 0.504 e. The van der Waals surface area contributed by atoms with E-state index in [9.17, 15) is 13.9 Å². The van der Waals surface area contributed by atoms with Gasteiger partial charge in [-0.25, -0.2) is 8.78 Å². The molecule has 1 aromatic carbocycles. The van der Waals surface area contributed by atoms with Crippen LogP contribution in [0.25, 0.3) is 11.3 Å². The predicted octanol–water partition coefficient (Wildman–Crippen LogP) is 3.29. The number of aromatic hydroxyl groups is 1. The first-order valence-electron chi connectivity index (χ1n) is 5.53. The maximum Gasteiger partial charge on any atom is 0.168 e. The van der Waals surface area contributed by atoms with Crippen LogP contribution in [0.5, 0.6) is 5.75 Å². The average molecular weight is 252 g/mol. The highest BCUT2D eigenvalue weighted by Crippen LogP contribution is 2.34. The quantitative estimate of drug-likeness (QED) is 0.845. The summed E-state index contributed by atoms with van der Waals surface area (Å²) in [6.07, 6.45) is 1.53. The number of aromatic nitrogens is 2. The van der Waals surface area contributed by atoms with Gasteiger partial charge in [0.25, 0.3) is 0 Å². The van der Waals surface area contributed by atoms with Crippen molar-refractivity contribution in [3.8, 4) is 17.0 Å². The third-order valence-electron chi connectivity index (χ3n) is 2.58. The lowest BCUT2D eigenvalue weighted by Crippen LogP contribution is -2.23. The van der Waals surface area contributed by atoms with Gasteiger partial charge in [0.2, 0.25) is 0 Å². The Labute approximate surface area is 104 Å². The number of nitrogens with zero attached hydrogens (tertiary/aromatic N) is 2. The normalized spacial score (nSPS) is 11.8. The van der Waals surface area contributed by atoms with Crippen LogP contribution < -0.4 is 0 Å². The number of benzene rings is 1. The topological polar surface area (TPSA) is 38.0 Å². The zero-order valence-corrected chi connectivity index (χ0v) is 10.4. The smallest absolute Gasteiger partial charge is 0.168 e. The monoisotopic (exact) mass is 252 g/mol. The standard InChI is InChI=1S/C13H14F2N2O/c1-13(2,3)17-11(4-5-16-17)9-6-8(14)7-10(15)12(9)18/h4-7,18H,1-3H3. The second kappa shape index (κ2) is 4.08.